The summed E-state index contributed by atoms with van der Waals surface area (Å²) in [5.74, 6) is -0.640. The van der Waals surface area contributed by atoms with Gasteiger partial charge in [-0.2, -0.15) is 0 Å². The first kappa shape index (κ1) is 16.1. The number of aliphatic hydroxyl groups is 1. The van der Waals surface area contributed by atoms with Gasteiger partial charge in [0.1, 0.15) is 0 Å². The zero-order valence-corrected chi connectivity index (χ0v) is 13.1. The number of fused-ring (bicyclic) bond motifs is 2. The molecule has 5 unspecified atom stereocenters. The number of carboxylic acid groups (broad SMARTS) is 1. The first-order valence-corrected chi connectivity index (χ1v) is 7.56. The molecule has 2 aliphatic carbocycles. The van der Waals surface area contributed by atoms with Crippen molar-refractivity contribution in [1.29, 1.82) is 0 Å². The van der Waals surface area contributed by atoms with Crippen molar-refractivity contribution in [2.24, 2.45) is 16.7 Å². The van der Waals surface area contributed by atoms with Crippen molar-refractivity contribution < 1.29 is 19.8 Å². The van der Waals surface area contributed by atoms with E-state index in [0.29, 0.717) is 5.92 Å². The first-order valence-electron chi connectivity index (χ1n) is 7.56. The van der Waals surface area contributed by atoms with E-state index < -0.39 is 24.1 Å². The van der Waals surface area contributed by atoms with Crippen LogP contribution >= 0.6 is 0 Å². The summed E-state index contributed by atoms with van der Waals surface area (Å²) in [6, 6.07) is -1.79. The van der Waals surface area contributed by atoms with Gasteiger partial charge in [0.15, 0.2) is 6.04 Å². The number of aliphatic hydroxyl groups excluding tert-OH is 1. The summed E-state index contributed by atoms with van der Waals surface area (Å²) >= 11 is 0. The van der Waals surface area contributed by atoms with E-state index in [2.05, 4.69) is 31.4 Å². The third kappa shape index (κ3) is 2.73. The molecule has 2 rings (SSSR count). The number of aliphatic carboxylic acids is 1. The number of hydrogen-bond acceptors (Lipinski definition) is 3. The normalized spacial score (nSPS) is 36.0. The number of carboxylic acids is 1. The largest absolute Gasteiger partial charge is 0.480 e. The van der Waals surface area contributed by atoms with Crippen molar-refractivity contribution in [2.75, 3.05) is 0 Å². The molecule has 0 saturated heterocycles. The Bertz CT molecular complexity index is 444. The third-order valence-electron chi connectivity index (χ3n) is 5.58. The summed E-state index contributed by atoms with van der Waals surface area (Å²) in [4.78, 5) is 23.2. The highest BCUT2D eigenvalue weighted by Gasteiger charge is 2.59. The lowest BCUT2D eigenvalue weighted by molar-refractivity contribution is -0.141. The van der Waals surface area contributed by atoms with Crippen LogP contribution in [0.25, 0.3) is 0 Å². The fourth-order valence-corrected chi connectivity index (χ4v) is 4.36. The summed E-state index contributed by atoms with van der Waals surface area (Å²) in [6.45, 7) is 7.87. The Balaban J connectivity index is 2.04. The van der Waals surface area contributed by atoms with Gasteiger partial charge in [-0.3, -0.25) is 0 Å². The molecule has 0 aromatic heterocycles. The Kier molecular flexibility index (Phi) is 3.95. The van der Waals surface area contributed by atoms with E-state index in [1.165, 1.54) is 13.3 Å². The van der Waals surface area contributed by atoms with Crippen molar-refractivity contribution in [3.8, 4) is 0 Å². The van der Waals surface area contributed by atoms with Crippen LogP contribution < -0.4 is 10.6 Å². The molecule has 120 valence electrons. The highest BCUT2D eigenvalue weighted by Crippen LogP contribution is 2.62. The highest BCUT2D eigenvalue weighted by molar-refractivity contribution is 5.83. The summed E-state index contributed by atoms with van der Waals surface area (Å²) in [7, 11) is 0. The monoisotopic (exact) mass is 298 g/mol. The molecule has 2 aliphatic rings. The van der Waals surface area contributed by atoms with E-state index in [4.69, 9.17) is 5.11 Å². The molecule has 2 amide bonds. The topological polar surface area (TPSA) is 98.7 Å². The number of amides is 2. The second-order valence-electron chi connectivity index (χ2n) is 7.52. The number of carbonyl (C=O) groups excluding carboxylic acids is 1. The van der Waals surface area contributed by atoms with Crippen molar-refractivity contribution >= 4 is 12.0 Å². The van der Waals surface area contributed by atoms with Gasteiger partial charge >= 0.3 is 12.0 Å². The maximum Gasteiger partial charge on any atom is 0.328 e. The van der Waals surface area contributed by atoms with E-state index in [1.54, 1.807) is 0 Å². The standard InChI is InChI=1S/C15H26N2O4/c1-8(18)10(11(19)20)16-13(21)17-12-14(2,3)9-5-6-15(12,4)7-9/h8-10,12,18H,5-7H2,1-4H3,(H,19,20)(H2,16,17,21). The van der Waals surface area contributed by atoms with Gasteiger partial charge in [-0.15, -0.1) is 0 Å². The Labute approximate surface area is 125 Å². The van der Waals surface area contributed by atoms with Gasteiger partial charge in [0.25, 0.3) is 0 Å². The van der Waals surface area contributed by atoms with Gasteiger partial charge in [-0.25, -0.2) is 9.59 Å². The lowest BCUT2D eigenvalue weighted by atomic mass is 9.68. The highest BCUT2D eigenvalue weighted by atomic mass is 16.4. The Morgan fingerprint density at radius 1 is 1.29 bits per heavy atom. The molecule has 0 aromatic rings. The zero-order chi connectivity index (χ0) is 16.0. The second-order valence-corrected chi connectivity index (χ2v) is 7.52. The molecule has 0 radical (unpaired) electrons. The van der Waals surface area contributed by atoms with Crippen LogP contribution in [0.2, 0.25) is 0 Å². The molecule has 0 aromatic carbocycles. The van der Waals surface area contributed by atoms with Crippen LogP contribution in [-0.2, 0) is 4.79 Å². The van der Waals surface area contributed by atoms with Gasteiger partial charge in [0.05, 0.1) is 6.10 Å². The lowest BCUT2D eigenvalue weighted by Gasteiger charge is -2.43. The first-order chi connectivity index (χ1) is 9.58. The van der Waals surface area contributed by atoms with E-state index in [9.17, 15) is 14.7 Å². The fourth-order valence-electron chi connectivity index (χ4n) is 4.36. The summed E-state index contributed by atoms with van der Waals surface area (Å²) in [5.41, 5.74) is 0.0863. The SMILES string of the molecule is CC(O)C(NC(=O)NC1C2(C)CCC(C2)C1(C)C)C(=O)O. The van der Waals surface area contributed by atoms with Crippen LogP contribution in [0, 0.1) is 16.7 Å². The lowest BCUT2D eigenvalue weighted by Crippen LogP contribution is -2.58. The maximum atomic E-state index is 12.1. The van der Waals surface area contributed by atoms with Crippen LogP contribution in [0.4, 0.5) is 4.79 Å². The van der Waals surface area contributed by atoms with Gasteiger partial charge in [0, 0.05) is 6.04 Å². The molecule has 2 fully saturated rings. The maximum absolute atomic E-state index is 12.1. The number of nitrogens with one attached hydrogen (secondary N) is 2. The van der Waals surface area contributed by atoms with Gasteiger partial charge < -0.3 is 20.8 Å². The summed E-state index contributed by atoms with van der Waals surface area (Å²) < 4.78 is 0. The summed E-state index contributed by atoms with van der Waals surface area (Å²) in [6.07, 6.45) is 2.24. The van der Waals surface area contributed by atoms with E-state index in [0.717, 1.165) is 12.8 Å². The molecule has 0 aliphatic heterocycles. The Morgan fingerprint density at radius 3 is 2.33 bits per heavy atom. The van der Waals surface area contributed by atoms with Crippen LogP contribution in [-0.4, -0.2) is 40.4 Å². The predicted molar refractivity (Wildman–Crippen MR) is 77.8 cm³/mol. The molecular weight excluding hydrogens is 272 g/mol. The van der Waals surface area contributed by atoms with Crippen molar-refractivity contribution in [3.05, 3.63) is 0 Å². The number of hydrogen-bond donors (Lipinski definition) is 4. The molecule has 21 heavy (non-hydrogen) atoms. The van der Waals surface area contributed by atoms with E-state index >= 15 is 0 Å². The smallest absolute Gasteiger partial charge is 0.328 e. The molecule has 0 spiro atoms. The molecule has 5 atom stereocenters. The molecule has 6 heteroatoms. The Hall–Kier alpha value is -1.30. The van der Waals surface area contributed by atoms with E-state index in [-0.39, 0.29) is 16.9 Å². The third-order valence-corrected chi connectivity index (χ3v) is 5.58. The van der Waals surface area contributed by atoms with Gasteiger partial charge in [-0.05, 0) is 42.9 Å². The van der Waals surface area contributed by atoms with Gasteiger partial charge in [0.2, 0.25) is 0 Å². The molecular formula is C15H26N2O4. The minimum atomic E-state index is -1.29. The van der Waals surface area contributed by atoms with Gasteiger partial charge in [-0.1, -0.05) is 20.8 Å². The van der Waals surface area contributed by atoms with Crippen LogP contribution in [0.1, 0.15) is 47.0 Å². The minimum absolute atomic E-state index is 0.00783. The van der Waals surface area contributed by atoms with Crippen molar-refractivity contribution in [2.45, 2.75) is 65.1 Å². The molecule has 0 heterocycles. The zero-order valence-electron chi connectivity index (χ0n) is 13.1. The molecule has 2 saturated carbocycles. The van der Waals surface area contributed by atoms with Crippen LogP contribution in [0.3, 0.4) is 0 Å². The quantitative estimate of drug-likeness (QED) is 0.629. The number of rotatable bonds is 4. The molecule has 6 nitrogen and oxygen atoms in total. The average Bonchev–Trinajstić information content (AvgIpc) is 2.82. The van der Waals surface area contributed by atoms with Crippen molar-refractivity contribution in [1.82, 2.24) is 10.6 Å². The Morgan fingerprint density at radius 2 is 1.90 bits per heavy atom. The average molecular weight is 298 g/mol. The number of urea groups is 1. The predicted octanol–water partition coefficient (Wildman–Crippen LogP) is 1.33. The summed E-state index contributed by atoms with van der Waals surface area (Å²) in [5, 5.41) is 23.8. The number of carbonyl (C=O) groups is 2. The van der Waals surface area contributed by atoms with Crippen LogP contribution in [0.5, 0.6) is 0 Å². The van der Waals surface area contributed by atoms with Crippen LogP contribution in [0.15, 0.2) is 0 Å². The van der Waals surface area contributed by atoms with E-state index in [1.807, 2.05) is 0 Å². The fraction of sp³-hybridized carbons (Fsp3) is 0.867. The molecule has 2 bridgehead atoms. The van der Waals surface area contributed by atoms with Crippen molar-refractivity contribution in [3.63, 3.8) is 0 Å². The molecule has 4 N–H and O–H groups in total. The second kappa shape index (κ2) is 5.16. The minimum Gasteiger partial charge on any atom is -0.480 e.